The van der Waals surface area contributed by atoms with Crippen LogP contribution in [-0.4, -0.2) is 28.2 Å². The molecule has 0 saturated carbocycles. The van der Waals surface area contributed by atoms with Gasteiger partial charge in [-0.3, -0.25) is 4.68 Å². The molecular weight excluding hydrogens is 414 g/mol. The van der Waals surface area contributed by atoms with Crippen molar-refractivity contribution < 1.29 is 8.42 Å². The molecule has 0 saturated heterocycles. The molecule has 0 aliphatic rings. The standard InChI is InChI=1S/C21H23N7O2S/c1-13-4-6-16(11-19(13)31(22,29)30)25-21-23-9-8-20(26-21)24-12-15-5-7-17-14(2)28(3)27-18(17)10-15/h4-11H,12H2,1-3H3,(H2,22,29,30)(H2,23,24,25,26). The van der Waals surface area contributed by atoms with Gasteiger partial charge in [0, 0.05) is 36.6 Å². The highest BCUT2D eigenvalue weighted by Gasteiger charge is 2.13. The highest BCUT2D eigenvalue weighted by molar-refractivity contribution is 7.89. The van der Waals surface area contributed by atoms with E-state index in [0.717, 1.165) is 22.2 Å². The van der Waals surface area contributed by atoms with Crippen LogP contribution in [0.4, 0.5) is 17.5 Å². The zero-order chi connectivity index (χ0) is 22.2. The van der Waals surface area contributed by atoms with Gasteiger partial charge in [0.25, 0.3) is 0 Å². The number of rotatable bonds is 6. The summed E-state index contributed by atoms with van der Waals surface area (Å²) in [6, 6.07) is 12.8. The number of aryl methyl sites for hydroxylation is 3. The third-order valence-corrected chi connectivity index (χ3v) is 6.13. The maximum Gasteiger partial charge on any atom is 0.238 e. The average Bonchev–Trinajstić information content (AvgIpc) is 3.00. The van der Waals surface area contributed by atoms with Crippen LogP contribution in [0.5, 0.6) is 0 Å². The van der Waals surface area contributed by atoms with E-state index in [1.807, 2.05) is 18.7 Å². The number of fused-ring (bicyclic) bond motifs is 1. The van der Waals surface area contributed by atoms with Crippen molar-refractivity contribution in [1.82, 2.24) is 19.7 Å². The summed E-state index contributed by atoms with van der Waals surface area (Å²) in [7, 11) is -1.88. The van der Waals surface area contributed by atoms with Crippen LogP contribution in [0.2, 0.25) is 0 Å². The molecular formula is C21H23N7O2S. The Morgan fingerprint density at radius 3 is 2.68 bits per heavy atom. The molecule has 0 unspecified atom stereocenters. The summed E-state index contributed by atoms with van der Waals surface area (Å²) >= 11 is 0. The summed E-state index contributed by atoms with van der Waals surface area (Å²) < 4.78 is 25.3. The minimum absolute atomic E-state index is 0.0620. The summed E-state index contributed by atoms with van der Waals surface area (Å²) in [5, 5.41) is 17.2. The van der Waals surface area contributed by atoms with Crippen molar-refractivity contribution >= 4 is 38.4 Å². The first kappa shape index (κ1) is 20.8. The van der Waals surface area contributed by atoms with Crippen molar-refractivity contribution in [2.24, 2.45) is 12.2 Å². The van der Waals surface area contributed by atoms with Crippen molar-refractivity contribution in [3.8, 4) is 0 Å². The number of nitrogens with one attached hydrogen (secondary N) is 2. The molecule has 0 bridgehead atoms. The fraction of sp³-hybridized carbons (Fsp3) is 0.190. The molecule has 31 heavy (non-hydrogen) atoms. The second kappa shape index (κ2) is 7.97. The van der Waals surface area contributed by atoms with E-state index in [2.05, 4.69) is 43.9 Å². The van der Waals surface area contributed by atoms with E-state index < -0.39 is 10.0 Å². The molecule has 2 aromatic heterocycles. The molecule has 0 spiro atoms. The van der Waals surface area contributed by atoms with Crippen molar-refractivity contribution in [2.45, 2.75) is 25.3 Å². The van der Waals surface area contributed by atoms with Crippen LogP contribution in [0.15, 0.2) is 53.6 Å². The summed E-state index contributed by atoms with van der Waals surface area (Å²) in [5.41, 5.74) is 4.26. The van der Waals surface area contributed by atoms with Crippen LogP contribution in [0.3, 0.4) is 0 Å². The number of nitrogens with two attached hydrogens (primary N) is 1. The van der Waals surface area contributed by atoms with Gasteiger partial charge in [-0.2, -0.15) is 10.1 Å². The maximum atomic E-state index is 11.7. The second-order valence-corrected chi connectivity index (χ2v) is 8.86. The average molecular weight is 438 g/mol. The van der Waals surface area contributed by atoms with E-state index in [9.17, 15) is 8.42 Å². The normalized spacial score (nSPS) is 11.6. The Balaban J connectivity index is 1.49. The number of anilines is 3. The van der Waals surface area contributed by atoms with Gasteiger partial charge in [0.15, 0.2) is 0 Å². The minimum atomic E-state index is -3.81. The van der Waals surface area contributed by atoms with Gasteiger partial charge in [-0.1, -0.05) is 18.2 Å². The zero-order valence-electron chi connectivity index (χ0n) is 17.4. The Bertz CT molecular complexity index is 1380. The number of nitrogens with zero attached hydrogens (tertiary/aromatic N) is 4. The predicted molar refractivity (Wildman–Crippen MR) is 121 cm³/mol. The first-order valence-electron chi connectivity index (χ1n) is 9.60. The van der Waals surface area contributed by atoms with E-state index in [1.165, 1.54) is 6.07 Å². The van der Waals surface area contributed by atoms with Gasteiger partial charge < -0.3 is 10.6 Å². The van der Waals surface area contributed by atoms with Crippen LogP contribution >= 0.6 is 0 Å². The van der Waals surface area contributed by atoms with E-state index in [1.54, 1.807) is 31.3 Å². The Kier molecular flexibility index (Phi) is 5.34. The predicted octanol–water partition coefficient (Wildman–Crippen LogP) is 2.98. The fourth-order valence-corrected chi connectivity index (χ4v) is 4.12. The van der Waals surface area contributed by atoms with Gasteiger partial charge in [0.2, 0.25) is 16.0 Å². The Hall–Kier alpha value is -3.50. The molecule has 2 heterocycles. The molecule has 0 radical (unpaired) electrons. The van der Waals surface area contributed by atoms with E-state index >= 15 is 0 Å². The molecule has 160 valence electrons. The number of benzene rings is 2. The summed E-state index contributed by atoms with van der Waals surface area (Å²) in [6.45, 7) is 4.30. The lowest BCUT2D eigenvalue weighted by atomic mass is 10.1. The largest absolute Gasteiger partial charge is 0.366 e. The summed E-state index contributed by atoms with van der Waals surface area (Å²) in [6.07, 6.45) is 1.62. The smallest absolute Gasteiger partial charge is 0.238 e. The third-order valence-electron chi connectivity index (χ3n) is 5.08. The van der Waals surface area contributed by atoms with Gasteiger partial charge in [0.05, 0.1) is 10.4 Å². The molecule has 4 rings (SSSR count). The van der Waals surface area contributed by atoms with Gasteiger partial charge in [-0.15, -0.1) is 0 Å². The van der Waals surface area contributed by atoms with E-state index in [4.69, 9.17) is 5.14 Å². The molecule has 0 fully saturated rings. The number of hydrogen-bond acceptors (Lipinski definition) is 7. The lowest BCUT2D eigenvalue weighted by Crippen LogP contribution is -2.14. The number of aromatic nitrogens is 4. The van der Waals surface area contributed by atoms with Crippen LogP contribution in [0.1, 0.15) is 16.8 Å². The maximum absolute atomic E-state index is 11.7. The van der Waals surface area contributed by atoms with E-state index in [0.29, 0.717) is 29.6 Å². The SMILES string of the molecule is Cc1ccc(Nc2nccc(NCc3ccc4c(C)n(C)nc4c3)n2)cc1S(N)(=O)=O. The second-order valence-electron chi connectivity index (χ2n) is 7.33. The lowest BCUT2D eigenvalue weighted by Gasteiger charge is -2.10. The topological polar surface area (TPSA) is 128 Å². The van der Waals surface area contributed by atoms with Crippen LogP contribution in [-0.2, 0) is 23.6 Å². The number of hydrogen-bond donors (Lipinski definition) is 3. The molecule has 2 aromatic carbocycles. The number of primary sulfonamides is 1. The van der Waals surface area contributed by atoms with Gasteiger partial charge in [-0.25, -0.2) is 18.5 Å². The van der Waals surface area contributed by atoms with Gasteiger partial charge >= 0.3 is 0 Å². The molecule has 0 aliphatic carbocycles. The minimum Gasteiger partial charge on any atom is -0.366 e. The zero-order valence-corrected chi connectivity index (χ0v) is 18.2. The summed E-state index contributed by atoms with van der Waals surface area (Å²) in [4.78, 5) is 8.71. The van der Waals surface area contributed by atoms with Crippen molar-refractivity contribution in [3.05, 3.63) is 65.5 Å². The molecule has 0 amide bonds. The van der Waals surface area contributed by atoms with Crippen LogP contribution in [0.25, 0.3) is 10.9 Å². The van der Waals surface area contributed by atoms with Crippen molar-refractivity contribution in [1.29, 1.82) is 0 Å². The quantitative estimate of drug-likeness (QED) is 0.423. The molecule has 4 aromatic rings. The highest BCUT2D eigenvalue weighted by Crippen LogP contribution is 2.22. The highest BCUT2D eigenvalue weighted by atomic mass is 32.2. The Morgan fingerprint density at radius 2 is 1.90 bits per heavy atom. The third kappa shape index (κ3) is 4.49. The molecule has 4 N–H and O–H groups in total. The molecule has 0 aliphatic heterocycles. The lowest BCUT2D eigenvalue weighted by molar-refractivity contribution is 0.597. The monoisotopic (exact) mass is 437 g/mol. The van der Waals surface area contributed by atoms with Gasteiger partial charge in [-0.05, 0) is 49.2 Å². The first-order valence-corrected chi connectivity index (χ1v) is 11.1. The molecule has 0 atom stereocenters. The van der Waals surface area contributed by atoms with E-state index in [-0.39, 0.29) is 4.90 Å². The van der Waals surface area contributed by atoms with Crippen LogP contribution < -0.4 is 15.8 Å². The van der Waals surface area contributed by atoms with Crippen LogP contribution in [0, 0.1) is 13.8 Å². The van der Waals surface area contributed by atoms with Crippen molar-refractivity contribution in [2.75, 3.05) is 10.6 Å². The molecule has 10 heteroatoms. The Morgan fingerprint density at radius 1 is 1.10 bits per heavy atom. The fourth-order valence-electron chi connectivity index (χ4n) is 3.31. The van der Waals surface area contributed by atoms with Gasteiger partial charge in [0.1, 0.15) is 5.82 Å². The molecule has 9 nitrogen and oxygen atoms in total. The number of sulfonamides is 1. The first-order chi connectivity index (χ1) is 14.7. The Labute approximate surface area is 180 Å². The van der Waals surface area contributed by atoms with Crippen molar-refractivity contribution in [3.63, 3.8) is 0 Å². The summed E-state index contributed by atoms with van der Waals surface area (Å²) in [5.74, 6) is 0.971.